The Bertz CT molecular complexity index is 1350. The highest BCUT2D eigenvalue weighted by molar-refractivity contribution is 7.47. The Kier molecular flexibility index (Phi) is 43.4. The second-order valence-corrected chi connectivity index (χ2v) is 19.8. The minimum Gasteiger partial charge on any atom is -0.462 e. The molecule has 10 nitrogen and oxygen atoms in total. The number of allylic oxidation sites excluding steroid dienone is 10. The molecule has 2 N–H and O–H groups in total. The number of phosphoric ester groups is 1. The SMILES string of the molecule is CC/C=C\C/C=C\C/C=C\C/C=C\C=C/C(O)C/C=C\CCC(=O)O[C@H](COC(=O)CCCCCCCCCCCCCCCCCCCCCCC)COP(=O)(O)OCC[N+](C)(C)C. The lowest BCUT2D eigenvalue weighted by Crippen LogP contribution is -2.37. The van der Waals surface area contributed by atoms with Crippen LogP contribution in [0.15, 0.2) is 72.9 Å². The molecule has 0 saturated carbocycles. The Hall–Kier alpha value is -2.59. The molecule has 0 fully saturated rings. The number of likely N-dealkylation sites (N-methyl/N-ethyl adjacent to an activating group) is 1. The molecule has 0 amide bonds. The fourth-order valence-electron chi connectivity index (χ4n) is 6.83. The summed E-state index contributed by atoms with van der Waals surface area (Å²) in [5.74, 6) is -0.977. The molecule has 0 heterocycles. The van der Waals surface area contributed by atoms with Crippen molar-refractivity contribution >= 4 is 19.8 Å². The highest BCUT2D eigenvalue weighted by Crippen LogP contribution is 2.43. The Labute approximate surface area is 398 Å². The lowest BCUT2D eigenvalue weighted by Gasteiger charge is -2.24. The van der Waals surface area contributed by atoms with Gasteiger partial charge in [-0.2, -0.15) is 0 Å². The standard InChI is InChI=1S/C54H96NO9P/c1-6-8-10-12-14-16-18-20-21-22-23-24-25-26-27-29-31-33-35-37-41-45-53(57)61-49-52(50-63-65(59,60)62-48-47-55(3,4)5)64-54(58)46-42-38-40-44-51(56)43-39-36-34-32-30-28-19-17-15-13-11-9-7-2/h9,11,15,17,28,30,34,36,38-40,43,51-52,56H,6-8,10,12-14,16,18-27,29,31-33,35,37,41-42,44-50H2,1-5H3/p+1/b11-9-,17-15-,30-28-,36-34-,40-38-,43-39-/t51?,52-/m1/s1. The molecule has 0 radical (unpaired) electrons. The van der Waals surface area contributed by atoms with Crippen molar-refractivity contribution in [1.82, 2.24) is 0 Å². The topological polar surface area (TPSA) is 129 Å². The second-order valence-electron chi connectivity index (χ2n) is 18.4. The molecular weight excluding hydrogens is 838 g/mol. The molecule has 0 aliphatic carbocycles. The van der Waals surface area contributed by atoms with Gasteiger partial charge in [0, 0.05) is 12.8 Å². The van der Waals surface area contributed by atoms with Gasteiger partial charge in [-0.25, -0.2) is 4.57 Å². The average molecular weight is 935 g/mol. The van der Waals surface area contributed by atoms with Crippen LogP contribution in [0.3, 0.4) is 0 Å². The molecule has 0 rings (SSSR count). The van der Waals surface area contributed by atoms with Crippen LogP contribution in [-0.4, -0.2) is 86.1 Å². The number of hydrogen-bond donors (Lipinski definition) is 2. The van der Waals surface area contributed by atoms with Crippen LogP contribution in [0.4, 0.5) is 0 Å². The Morgan fingerprint density at radius 1 is 0.569 bits per heavy atom. The minimum atomic E-state index is -4.43. The third-order valence-corrected chi connectivity index (χ3v) is 11.8. The van der Waals surface area contributed by atoms with Crippen LogP contribution in [0, 0.1) is 0 Å². The van der Waals surface area contributed by atoms with Crippen molar-refractivity contribution < 1.29 is 47.2 Å². The smallest absolute Gasteiger partial charge is 0.462 e. The third kappa shape index (κ3) is 49.1. The van der Waals surface area contributed by atoms with Gasteiger partial charge in [-0.15, -0.1) is 0 Å². The van der Waals surface area contributed by atoms with E-state index in [9.17, 15) is 24.2 Å². The van der Waals surface area contributed by atoms with Crippen LogP contribution in [0.25, 0.3) is 0 Å². The first-order valence-electron chi connectivity index (χ1n) is 25.8. The predicted molar refractivity (Wildman–Crippen MR) is 272 cm³/mol. The quantitative estimate of drug-likeness (QED) is 0.0153. The number of unbranched alkanes of at least 4 members (excludes halogenated alkanes) is 20. The number of hydrogen-bond acceptors (Lipinski definition) is 8. The average Bonchev–Trinajstić information content (AvgIpc) is 3.26. The summed E-state index contributed by atoms with van der Waals surface area (Å²) in [5, 5.41) is 10.3. The molecule has 0 aliphatic heterocycles. The van der Waals surface area contributed by atoms with Gasteiger partial charge in [0.25, 0.3) is 0 Å². The molecule has 3 atom stereocenters. The van der Waals surface area contributed by atoms with Gasteiger partial charge < -0.3 is 24.0 Å². The highest BCUT2D eigenvalue weighted by atomic mass is 31.2. The zero-order valence-electron chi connectivity index (χ0n) is 42.1. The van der Waals surface area contributed by atoms with Crippen molar-refractivity contribution in [3.05, 3.63) is 72.9 Å². The summed E-state index contributed by atoms with van der Waals surface area (Å²) in [6, 6.07) is 0. The van der Waals surface area contributed by atoms with Gasteiger partial charge in [0.2, 0.25) is 0 Å². The van der Waals surface area contributed by atoms with Gasteiger partial charge in [0.1, 0.15) is 19.8 Å². The third-order valence-electron chi connectivity index (χ3n) is 10.8. The van der Waals surface area contributed by atoms with Gasteiger partial charge in [0.15, 0.2) is 6.10 Å². The van der Waals surface area contributed by atoms with E-state index in [1.54, 1.807) is 18.2 Å². The zero-order chi connectivity index (χ0) is 48.0. The molecule has 11 heteroatoms. The molecule has 2 unspecified atom stereocenters. The highest BCUT2D eigenvalue weighted by Gasteiger charge is 2.27. The van der Waals surface area contributed by atoms with Crippen molar-refractivity contribution in [2.75, 3.05) is 47.5 Å². The van der Waals surface area contributed by atoms with Crippen molar-refractivity contribution in [3.63, 3.8) is 0 Å². The number of carbonyl (C=O) groups is 2. The van der Waals surface area contributed by atoms with Crippen LogP contribution in [0.1, 0.15) is 200 Å². The number of rotatable bonds is 46. The Morgan fingerprint density at radius 3 is 1.57 bits per heavy atom. The van der Waals surface area contributed by atoms with E-state index in [4.69, 9.17) is 18.5 Å². The largest absolute Gasteiger partial charge is 0.472 e. The predicted octanol–water partition coefficient (Wildman–Crippen LogP) is 14.3. The summed E-state index contributed by atoms with van der Waals surface area (Å²) in [5.41, 5.74) is 0. The van der Waals surface area contributed by atoms with Crippen molar-refractivity contribution in [1.29, 1.82) is 0 Å². The van der Waals surface area contributed by atoms with Crippen molar-refractivity contribution in [2.45, 2.75) is 212 Å². The molecule has 65 heavy (non-hydrogen) atoms. The van der Waals surface area contributed by atoms with Crippen LogP contribution in [-0.2, 0) is 32.7 Å². The first kappa shape index (κ1) is 62.4. The minimum absolute atomic E-state index is 0.00250. The van der Waals surface area contributed by atoms with E-state index in [0.29, 0.717) is 30.3 Å². The van der Waals surface area contributed by atoms with Gasteiger partial charge >= 0.3 is 19.8 Å². The number of nitrogens with zero attached hydrogens (tertiary/aromatic N) is 1. The monoisotopic (exact) mass is 935 g/mol. The number of carbonyl (C=O) groups excluding carboxylic acids is 2. The van der Waals surface area contributed by atoms with Crippen molar-refractivity contribution in [2.24, 2.45) is 0 Å². The first-order valence-corrected chi connectivity index (χ1v) is 27.3. The lowest BCUT2D eigenvalue weighted by molar-refractivity contribution is -0.870. The summed E-state index contributed by atoms with van der Waals surface area (Å²) in [6.45, 7) is 4.12. The summed E-state index contributed by atoms with van der Waals surface area (Å²) < 4.78 is 34.3. The van der Waals surface area contributed by atoms with E-state index in [1.807, 2.05) is 39.4 Å². The molecule has 0 saturated heterocycles. The number of ether oxygens (including phenoxy) is 2. The van der Waals surface area contributed by atoms with Crippen LogP contribution < -0.4 is 0 Å². The van der Waals surface area contributed by atoms with E-state index >= 15 is 0 Å². The maximum absolute atomic E-state index is 12.7. The molecule has 0 spiro atoms. The fraction of sp³-hybridized carbons (Fsp3) is 0.741. The molecular formula is C54H97NO9P+. The van der Waals surface area contributed by atoms with Crippen LogP contribution in [0.2, 0.25) is 0 Å². The van der Waals surface area contributed by atoms with Crippen LogP contribution in [0.5, 0.6) is 0 Å². The van der Waals surface area contributed by atoms with E-state index in [-0.39, 0.29) is 26.1 Å². The number of aliphatic hydroxyl groups is 1. The van der Waals surface area contributed by atoms with E-state index < -0.39 is 38.6 Å². The van der Waals surface area contributed by atoms with Crippen molar-refractivity contribution in [3.8, 4) is 0 Å². The van der Waals surface area contributed by atoms with Gasteiger partial charge in [-0.3, -0.25) is 18.6 Å². The maximum atomic E-state index is 12.7. The molecule has 376 valence electrons. The molecule has 0 aliphatic rings. The number of esters is 2. The van der Waals surface area contributed by atoms with Crippen LogP contribution >= 0.6 is 7.82 Å². The first-order chi connectivity index (χ1) is 31.4. The lowest BCUT2D eigenvalue weighted by atomic mass is 10.0. The van der Waals surface area contributed by atoms with Gasteiger partial charge in [0.05, 0.1) is 33.9 Å². The summed E-state index contributed by atoms with van der Waals surface area (Å²) in [6.07, 6.45) is 54.2. The summed E-state index contributed by atoms with van der Waals surface area (Å²) >= 11 is 0. The molecule has 0 bridgehead atoms. The zero-order valence-corrected chi connectivity index (χ0v) is 43.0. The maximum Gasteiger partial charge on any atom is 0.472 e. The molecule has 0 aromatic heterocycles. The molecule has 0 aromatic carbocycles. The van der Waals surface area contributed by atoms with Gasteiger partial charge in [-0.05, 0) is 44.9 Å². The Morgan fingerprint density at radius 2 is 1.06 bits per heavy atom. The molecule has 0 aromatic rings. The fourth-order valence-corrected chi connectivity index (χ4v) is 7.57. The van der Waals surface area contributed by atoms with E-state index in [2.05, 4.69) is 50.3 Å². The summed E-state index contributed by atoms with van der Waals surface area (Å²) in [7, 11) is 1.36. The summed E-state index contributed by atoms with van der Waals surface area (Å²) in [4.78, 5) is 35.5. The van der Waals surface area contributed by atoms with E-state index in [0.717, 1.165) is 38.5 Å². The normalized spacial score (nSPS) is 14.5. The van der Waals surface area contributed by atoms with Gasteiger partial charge in [-0.1, -0.05) is 215 Å². The number of phosphoric acid groups is 1. The van der Waals surface area contributed by atoms with E-state index in [1.165, 1.54) is 116 Å². The second kappa shape index (κ2) is 45.2. The number of quaternary nitrogens is 1. The number of aliphatic hydroxyl groups excluding tert-OH is 1. The Balaban J connectivity index is 4.42.